The summed E-state index contributed by atoms with van der Waals surface area (Å²) in [6.07, 6.45) is 5.15. The van der Waals surface area contributed by atoms with E-state index in [1.807, 2.05) is 29.2 Å². The minimum absolute atomic E-state index is 0.145. The Morgan fingerprint density at radius 1 is 1.19 bits per heavy atom. The summed E-state index contributed by atoms with van der Waals surface area (Å²) in [5.41, 5.74) is 1.14. The second kappa shape index (κ2) is 5.34. The Kier molecular flexibility index (Phi) is 3.34. The van der Waals surface area contributed by atoms with Crippen LogP contribution >= 0.6 is 0 Å². The molecule has 4 heteroatoms. The van der Waals surface area contributed by atoms with Crippen molar-refractivity contribution in [1.82, 2.24) is 4.90 Å². The number of hydrogen-bond acceptors (Lipinski definition) is 3. The molecular weight excluding hydrogens is 266 g/mol. The number of carbonyl (C=O) groups is 1. The van der Waals surface area contributed by atoms with E-state index in [-0.39, 0.29) is 24.2 Å². The van der Waals surface area contributed by atoms with Crippen molar-refractivity contribution in [3.05, 3.63) is 29.8 Å². The maximum absolute atomic E-state index is 12.9. The summed E-state index contributed by atoms with van der Waals surface area (Å²) in [7, 11) is 0. The van der Waals surface area contributed by atoms with Crippen LogP contribution in [-0.2, 0) is 16.0 Å². The Morgan fingerprint density at radius 2 is 2.05 bits per heavy atom. The zero-order valence-corrected chi connectivity index (χ0v) is 12.2. The quantitative estimate of drug-likeness (QED) is 0.794. The molecule has 3 atom stereocenters. The maximum Gasteiger partial charge on any atom is 0.264 e. The molecule has 4 nitrogen and oxygen atoms in total. The third-order valence-electron chi connectivity index (χ3n) is 4.94. The fourth-order valence-corrected chi connectivity index (χ4v) is 3.87. The van der Waals surface area contributed by atoms with Gasteiger partial charge in [0.2, 0.25) is 0 Å². The molecule has 1 aromatic carbocycles. The lowest BCUT2D eigenvalue weighted by Gasteiger charge is -2.44. The Hall–Kier alpha value is -1.55. The second-order valence-electron chi connectivity index (χ2n) is 6.21. The lowest BCUT2D eigenvalue weighted by Crippen LogP contribution is -2.57. The van der Waals surface area contributed by atoms with Crippen molar-refractivity contribution in [1.29, 1.82) is 0 Å². The number of morpholine rings is 1. The first-order valence-electron chi connectivity index (χ1n) is 7.99. The maximum atomic E-state index is 12.9. The summed E-state index contributed by atoms with van der Waals surface area (Å²) in [4.78, 5) is 14.9. The predicted molar refractivity (Wildman–Crippen MR) is 78.3 cm³/mol. The molecular formula is C17H21NO3. The van der Waals surface area contributed by atoms with Crippen molar-refractivity contribution in [2.24, 2.45) is 0 Å². The molecule has 21 heavy (non-hydrogen) atoms. The summed E-state index contributed by atoms with van der Waals surface area (Å²) >= 11 is 0. The van der Waals surface area contributed by atoms with E-state index in [4.69, 9.17) is 9.47 Å². The van der Waals surface area contributed by atoms with Gasteiger partial charge in [0.25, 0.3) is 5.91 Å². The number of benzene rings is 1. The van der Waals surface area contributed by atoms with Gasteiger partial charge in [0.1, 0.15) is 5.75 Å². The van der Waals surface area contributed by atoms with E-state index in [1.54, 1.807) is 0 Å². The summed E-state index contributed by atoms with van der Waals surface area (Å²) in [5.74, 6) is 1.01. The molecule has 1 saturated carbocycles. The average molecular weight is 287 g/mol. The first-order chi connectivity index (χ1) is 10.3. The van der Waals surface area contributed by atoms with Gasteiger partial charge >= 0.3 is 0 Å². The first-order valence-corrected chi connectivity index (χ1v) is 7.99. The first kappa shape index (κ1) is 13.1. The number of rotatable bonds is 1. The highest BCUT2D eigenvalue weighted by Gasteiger charge is 2.41. The Balaban J connectivity index is 1.50. The third-order valence-corrected chi connectivity index (χ3v) is 4.94. The highest BCUT2D eigenvalue weighted by atomic mass is 16.5. The molecule has 0 radical (unpaired) electrons. The molecule has 1 amide bonds. The fraction of sp³-hybridized carbons (Fsp3) is 0.588. The van der Waals surface area contributed by atoms with Gasteiger partial charge in [0.15, 0.2) is 6.10 Å². The Labute approximate surface area is 125 Å². The minimum Gasteiger partial charge on any atom is -0.480 e. The fourth-order valence-electron chi connectivity index (χ4n) is 3.87. The summed E-state index contributed by atoms with van der Waals surface area (Å²) < 4.78 is 11.7. The number of amides is 1. The van der Waals surface area contributed by atoms with Crippen molar-refractivity contribution >= 4 is 5.91 Å². The monoisotopic (exact) mass is 287 g/mol. The van der Waals surface area contributed by atoms with E-state index in [0.717, 1.165) is 24.2 Å². The van der Waals surface area contributed by atoms with E-state index in [9.17, 15) is 4.79 Å². The smallest absolute Gasteiger partial charge is 0.264 e. The molecule has 1 aromatic rings. The number of para-hydroxylation sites is 1. The van der Waals surface area contributed by atoms with Gasteiger partial charge in [0.05, 0.1) is 18.8 Å². The van der Waals surface area contributed by atoms with Crippen LogP contribution in [0.25, 0.3) is 0 Å². The molecule has 3 aliphatic rings. The van der Waals surface area contributed by atoms with Crippen molar-refractivity contribution in [2.45, 2.75) is 50.4 Å². The van der Waals surface area contributed by atoms with Crippen molar-refractivity contribution < 1.29 is 14.3 Å². The SMILES string of the molecule is O=C([C@@H]1Cc2ccccc2O1)N1CCO[C@H]2CCCC[C@@H]21. The molecule has 0 N–H and O–H groups in total. The van der Waals surface area contributed by atoms with Crippen molar-refractivity contribution in [3.8, 4) is 5.75 Å². The van der Waals surface area contributed by atoms with Gasteiger partial charge in [0, 0.05) is 13.0 Å². The standard InChI is InChI=1S/C17H21NO3/c19-17(16-11-12-5-1-3-7-14(12)21-16)18-9-10-20-15-8-4-2-6-13(15)18/h1,3,5,7,13,15-16H,2,4,6,8-11H2/t13-,15-,16-/m0/s1. The molecule has 0 unspecified atom stereocenters. The van der Waals surface area contributed by atoms with Gasteiger partial charge in [-0.15, -0.1) is 0 Å². The molecule has 1 saturated heterocycles. The number of carbonyl (C=O) groups excluding carboxylic acids is 1. The molecule has 0 aromatic heterocycles. The largest absolute Gasteiger partial charge is 0.480 e. The van der Waals surface area contributed by atoms with Gasteiger partial charge in [-0.3, -0.25) is 4.79 Å². The van der Waals surface area contributed by atoms with Crippen LogP contribution in [0.3, 0.4) is 0 Å². The summed E-state index contributed by atoms with van der Waals surface area (Å²) in [6.45, 7) is 1.36. The van der Waals surface area contributed by atoms with E-state index >= 15 is 0 Å². The zero-order valence-electron chi connectivity index (χ0n) is 12.2. The van der Waals surface area contributed by atoms with Gasteiger partial charge in [-0.05, 0) is 24.5 Å². The lowest BCUT2D eigenvalue weighted by atomic mass is 9.89. The molecule has 2 aliphatic heterocycles. The van der Waals surface area contributed by atoms with E-state index in [2.05, 4.69) is 0 Å². The molecule has 2 fully saturated rings. The molecule has 1 aliphatic carbocycles. The van der Waals surface area contributed by atoms with Crippen LogP contribution in [0.4, 0.5) is 0 Å². The van der Waals surface area contributed by atoms with Gasteiger partial charge < -0.3 is 14.4 Å². The normalized spacial score (nSPS) is 31.2. The highest BCUT2D eigenvalue weighted by Crippen LogP contribution is 2.32. The number of ether oxygens (including phenoxy) is 2. The third kappa shape index (κ3) is 2.31. The van der Waals surface area contributed by atoms with E-state index in [0.29, 0.717) is 19.6 Å². The van der Waals surface area contributed by atoms with Crippen LogP contribution in [0.2, 0.25) is 0 Å². The number of nitrogens with zero attached hydrogens (tertiary/aromatic N) is 1. The van der Waals surface area contributed by atoms with Crippen LogP contribution in [0.5, 0.6) is 5.75 Å². The van der Waals surface area contributed by atoms with Crippen LogP contribution in [0, 0.1) is 0 Å². The predicted octanol–water partition coefficient (Wildman–Crippen LogP) is 2.16. The molecule has 112 valence electrons. The van der Waals surface area contributed by atoms with Crippen molar-refractivity contribution in [2.75, 3.05) is 13.2 Å². The lowest BCUT2D eigenvalue weighted by molar-refractivity contribution is -0.155. The molecule has 0 bridgehead atoms. The zero-order chi connectivity index (χ0) is 14.2. The van der Waals surface area contributed by atoms with Gasteiger partial charge in [-0.1, -0.05) is 31.0 Å². The topological polar surface area (TPSA) is 38.8 Å². The molecule has 4 rings (SSSR count). The van der Waals surface area contributed by atoms with Crippen LogP contribution < -0.4 is 4.74 Å². The molecule has 0 spiro atoms. The van der Waals surface area contributed by atoms with Gasteiger partial charge in [-0.25, -0.2) is 0 Å². The summed E-state index contributed by atoms with van der Waals surface area (Å²) in [6, 6.07) is 8.21. The minimum atomic E-state index is -0.344. The Morgan fingerprint density at radius 3 is 2.95 bits per heavy atom. The van der Waals surface area contributed by atoms with Gasteiger partial charge in [-0.2, -0.15) is 0 Å². The van der Waals surface area contributed by atoms with Crippen LogP contribution in [-0.4, -0.2) is 42.2 Å². The van der Waals surface area contributed by atoms with Crippen LogP contribution in [0.15, 0.2) is 24.3 Å². The number of hydrogen-bond donors (Lipinski definition) is 0. The Bertz CT molecular complexity index is 518. The average Bonchev–Trinajstić information content (AvgIpc) is 2.97. The second-order valence-corrected chi connectivity index (χ2v) is 6.21. The highest BCUT2D eigenvalue weighted by molar-refractivity contribution is 5.83. The van der Waals surface area contributed by atoms with Crippen molar-refractivity contribution in [3.63, 3.8) is 0 Å². The summed E-state index contributed by atoms with van der Waals surface area (Å²) in [5, 5.41) is 0. The van der Waals surface area contributed by atoms with E-state index < -0.39 is 0 Å². The van der Waals surface area contributed by atoms with Crippen LogP contribution in [0.1, 0.15) is 31.2 Å². The van der Waals surface area contributed by atoms with E-state index in [1.165, 1.54) is 12.8 Å². The molecule has 2 heterocycles. The number of fused-ring (bicyclic) bond motifs is 2.